The summed E-state index contributed by atoms with van der Waals surface area (Å²) >= 11 is 0. The molecule has 0 radical (unpaired) electrons. The number of ether oxygens (including phenoxy) is 1. The third-order valence-electron chi connectivity index (χ3n) is 5.77. The van der Waals surface area contributed by atoms with Crippen LogP contribution in [0.2, 0.25) is 0 Å². The number of hydrogen-bond donors (Lipinski definition) is 3. The van der Waals surface area contributed by atoms with Crippen molar-refractivity contribution in [1.29, 1.82) is 0 Å². The van der Waals surface area contributed by atoms with Crippen LogP contribution in [0.25, 0.3) is 0 Å². The summed E-state index contributed by atoms with van der Waals surface area (Å²) in [7, 11) is 1.70. The number of rotatable bonds is 9. The second kappa shape index (κ2) is 13.1. The number of methoxy groups -OCH3 is 1. The fraction of sp³-hybridized carbons (Fsp3) is 0.542. The van der Waals surface area contributed by atoms with E-state index in [0.717, 1.165) is 57.3 Å². The van der Waals surface area contributed by atoms with Gasteiger partial charge < -0.3 is 24.9 Å². The standard InChI is InChI=1S/C24H36N4O3.HI/c1-4-25-23(27-18-24(2,29)22-6-5-15-31-22)26-16-19-11-13-28(14-12-19)17-20-7-9-21(30-3)10-8-20;/h5-10,15,19,29H,4,11-14,16-18H2,1-3H3,(H2,25,26,27);1H. The van der Waals surface area contributed by atoms with Crippen LogP contribution >= 0.6 is 24.0 Å². The Balaban J connectivity index is 0.00000363. The van der Waals surface area contributed by atoms with Gasteiger partial charge in [0, 0.05) is 19.6 Å². The summed E-state index contributed by atoms with van der Waals surface area (Å²) in [5.41, 5.74) is 0.195. The minimum atomic E-state index is -1.13. The van der Waals surface area contributed by atoms with Crippen LogP contribution in [0, 0.1) is 5.92 Å². The van der Waals surface area contributed by atoms with Crippen molar-refractivity contribution in [2.75, 3.05) is 39.8 Å². The van der Waals surface area contributed by atoms with E-state index in [9.17, 15) is 5.11 Å². The summed E-state index contributed by atoms with van der Waals surface area (Å²) in [6.07, 6.45) is 3.89. The average molecular weight is 556 g/mol. The summed E-state index contributed by atoms with van der Waals surface area (Å²) in [5.74, 6) is 2.77. The second-order valence-electron chi connectivity index (χ2n) is 8.39. The highest BCUT2D eigenvalue weighted by molar-refractivity contribution is 14.0. The molecule has 1 fully saturated rings. The summed E-state index contributed by atoms with van der Waals surface area (Å²) in [6, 6.07) is 11.9. The number of benzene rings is 1. The zero-order valence-corrected chi connectivity index (χ0v) is 21.7. The minimum Gasteiger partial charge on any atom is -0.497 e. The molecule has 178 valence electrons. The molecular formula is C24H37IN4O3. The topological polar surface area (TPSA) is 82.3 Å². The number of halogens is 1. The number of aliphatic hydroxyl groups is 1. The molecule has 0 saturated carbocycles. The Morgan fingerprint density at radius 1 is 1.22 bits per heavy atom. The predicted molar refractivity (Wildman–Crippen MR) is 139 cm³/mol. The number of piperidine rings is 1. The van der Waals surface area contributed by atoms with Gasteiger partial charge in [0.25, 0.3) is 0 Å². The highest BCUT2D eigenvalue weighted by Crippen LogP contribution is 2.22. The van der Waals surface area contributed by atoms with Gasteiger partial charge in [-0.1, -0.05) is 12.1 Å². The maximum atomic E-state index is 10.6. The third kappa shape index (κ3) is 7.97. The normalized spacial score (nSPS) is 17.3. The number of aliphatic imine (C=N–C) groups is 1. The van der Waals surface area contributed by atoms with Crippen LogP contribution in [-0.4, -0.2) is 55.8 Å². The van der Waals surface area contributed by atoms with E-state index in [4.69, 9.17) is 9.15 Å². The molecular weight excluding hydrogens is 519 g/mol. The van der Waals surface area contributed by atoms with Gasteiger partial charge in [-0.15, -0.1) is 24.0 Å². The molecule has 2 aromatic rings. The number of hydrogen-bond acceptors (Lipinski definition) is 5. The molecule has 1 saturated heterocycles. The molecule has 1 unspecified atom stereocenters. The number of guanidine groups is 1. The molecule has 1 atom stereocenters. The SMILES string of the molecule is CCNC(=NCC(C)(O)c1ccco1)NCC1CCN(Cc2ccc(OC)cc2)CC1.I. The van der Waals surface area contributed by atoms with Crippen molar-refractivity contribution in [3.05, 3.63) is 54.0 Å². The molecule has 0 bridgehead atoms. The lowest BCUT2D eigenvalue weighted by molar-refractivity contribution is 0.0437. The predicted octanol–water partition coefficient (Wildman–Crippen LogP) is 3.58. The molecule has 3 N–H and O–H groups in total. The Bertz CT molecular complexity index is 801. The third-order valence-corrected chi connectivity index (χ3v) is 5.77. The Morgan fingerprint density at radius 3 is 2.53 bits per heavy atom. The molecule has 0 amide bonds. The first-order chi connectivity index (χ1) is 15.0. The van der Waals surface area contributed by atoms with E-state index in [2.05, 4.69) is 32.7 Å². The van der Waals surface area contributed by atoms with Crippen molar-refractivity contribution in [3.8, 4) is 5.75 Å². The van der Waals surface area contributed by atoms with Crippen molar-refractivity contribution in [1.82, 2.24) is 15.5 Å². The van der Waals surface area contributed by atoms with Gasteiger partial charge in [-0.25, -0.2) is 4.99 Å². The van der Waals surface area contributed by atoms with Gasteiger partial charge in [-0.3, -0.25) is 4.90 Å². The Labute approximate surface area is 208 Å². The number of furan rings is 1. The first kappa shape index (κ1) is 26.5. The van der Waals surface area contributed by atoms with Crippen molar-refractivity contribution in [2.45, 2.75) is 38.8 Å². The Morgan fingerprint density at radius 2 is 1.94 bits per heavy atom. The lowest BCUT2D eigenvalue weighted by atomic mass is 9.96. The van der Waals surface area contributed by atoms with Crippen molar-refractivity contribution in [2.24, 2.45) is 10.9 Å². The molecule has 7 nitrogen and oxygen atoms in total. The highest BCUT2D eigenvalue weighted by atomic mass is 127. The largest absolute Gasteiger partial charge is 0.497 e. The van der Waals surface area contributed by atoms with E-state index >= 15 is 0 Å². The molecule has 0 aliphatic carbocycles. The van der Waals surface area contributed by atoms with E-state index in [1.807, 2.05) is 19.1 Å². The fourth-order valence-corrected chi connectivity index (χ4v) is 3.82. The van der Waals surface area contributed by atoms with Crippen molar-refractivity contribution < 1.29 is 14.3 Å². The first-order valence-corrected chi connectivity index (χ1v) is 11.1. The van der Waals surface area contributed by atoms with E-state index in [0.29, 0.717) is 11.7 Å². The lowest BCUT2D eigenvalue weighted by Crippen LogP contribution is -2.43. The number of nitrogens with one attached hydrogen (secondary N) is 2. The molecule has 8 heteroatoms. The summed E-state index contributed by atoms with van der Waals surface area (Å²) in [4.78, 5) is 7.09. The molecule has 1 aromatic heterocycles. The minimum absolute atomic E-state index is 0. The van der Waals surface area contributed by atoms with Crippen molar-refractivity contribution >= 4 is 29.9 Å². The monoisotopic (exact) mass is 556 g/mol. The molecule has 1 aliphatic heterocycles. The van der Waals surface area contributed by atoms with Gasteiger partial charge in [0.2, 0.25) is 0 Å². The van der Waals surface area contributed by atoms with Gasteiger partial charge in [0.05, 0.1) is 19.9 Å². The van der Waals surface area contributed by atoms with Gasteiger partial charge in [-0.2, -0.15) is 0 Å². The van der Waals surface area contributed by atoms with Crippen LogP contribution < -0.4 is 15.4 Å². The van der Waals surface area contributed by atoms with Crippen LogP contribution in [-0.2, 0) is 12.1 Å². The Hall–Kier alpha value is -1.78. The van der Waals surface area contributed by atoms with Gasteiger partial charge in [-0.05, 0) is 75.5 Å². The fourth-order valence-electron chi connectivity index (χ4n) is 3.82. The van der Waals surface area contributed by atoms with Crippen LogP contribution in [0.4, 0.5) is 0 Å². The quantitative estimate of drug-likeness (QED) is 0.249. The van der Waals surface area contributed by atoms with E-state index in [1.54, 1.807) is 32.4 Å². The van der Waals surface area contributed by atoms with E-state index in [-0.39, 0.29) is 30.5 Å². The molecule has 0 spiro atoms. The maximum absolute atomic E-state index is 10.6. The first-order valence-electron chi connectivity index (χ1n) is 11.1. The van der Waals surface area contributed by atoms with E-state index in [1.165, 1.54) is 5.56 Å². The smallest absolute Gasteiger partial charge is 0.191 e. The van der Waals surface area contributed by atoms with E-state index < -0.39 is 5.60 Å². The summed E-state index contributed by atoms with van der Waals surface area (Å²) < 4.78 is 10.6. The zero-order valence-electron chi connectivity index (χ0n) is 19.3. The van der Waals surface area contributed by atoms with Crippen LogP contribution in [0.1, 0.15) is 38.0 Å². The molecule has 32 heavy (non-hydrogen) atoms. The summed E-state index contributed by atoms with van der Waals surface area (Å²) in [6.45, 7) is 8.82. The molecule has 1 aromatic carbocycles. The molecule has 2 heterocycles. The molecule has 1 aliphatic rings. The zero-order chi connectivity index (χ0) is 22.1. The highest BCUT2D eigenvalue weighted by Gasteiger charge is 2.26. The Kier molecular flexibility index (Phi) is 10.8. The van der Waals surface area contributed by atoms with Gasteiger partial charge >= 0.3 is 0 Å². The number of nitrogens with zero attached hydrogens (tertiary/aromatic N) is 2. The molecule has 3 rings (SSSR count). The number of likely N-dealkylation sites (tertiary alicyclic amines) is 1. The summed E-state index contributed by atoms with van der Waals surface area (Å²) in [5, 5.41) is 17.3. The van der Waals surface area contributed by atoms with Crippen LogP contribution in [0.5, 0.6) is 5.75 Å². The lowest BCUT2D eigenvalue weighted by Gasteiger charge is -2.32. The van der Waals surface area contributed by atoms with Crippen LogP contribution in [0.3, 0.4) is 0 Å². The van der Waals surface area contributed by atoms with Crippen LogP contribution in [0.15, 0.2) is 52.1 Å². The second-order valence-corrected chi connectivity index (χ2v) is 8.39. The van der Waals surface area contributed by atoms with Gasteiger partial charge in [0.1, 0.15) is 17.1 Å². The average Bonchev–Trinajstić information content (AvgIpc) is 3.33. The van der Waals surface area contributed by atoms with Gasteiger partial charge in [0.15, 0.2) is 5.96 Å². The van der Waals surface area contributed by atoms with Crippen molar-refractivity contribution in [3.63, 3.8) is 0 Å². The maximum Gasteiger partial charge on any atom is 0.191 e.